The van der Waals surface area contributed by atoms with Crippen LogP contribution in [0, 0.1) is 6.92 Å². The predicted octanol–water partition coefficient (Wildman–Crippen LogP) is 1.69. The number of urea groups is 1. The Morgan fingerprint density at radius 1 is 1.59 bits per heavy atom. The highest BCUT2D eigenvalue weighted by Crippen LogP contribution is 2.22. The van der Waals surface area contributed by atoms with Gasteiger partial charge in [-0.1, -0.05) is 6.08 Å². The smallest absolute Gasteiger partial charge is 0.321 e. The Bertz CT molecular complexity index is 415. The lowest BCUT2D eigenvalue weighted by atomic mass is 10.5. The van der Waals surface area contributed by atoms with Crippen molar-refractivity contribution in [3.63, 3.8) is 0 Å². The van der Waals surface area contributed by atoms with Gasteiger partial charge in [0.05, 0.1) is 12.0 Å². The van der Waals surface area contributed by atoms with Crippen LogP contribution in [0.5, 0.6) is 0 Å². The number of rotatable bonds is 5. The van der Waals surface area contributed by atoms with E-state index in [0.29, 0.717) is 6.54 Å². The maximum Gasteiger partial charge on any atom is 0.321 e. The van der Waals surface area contributed by atoms with Crippen molar-refractivity contribution in [3.05, 3.63) is 30.7 Å². The molecule has 0 saturated carbocycles. The molecule has 0 atom stereocenters. The largest absolute Gasteiger partial charge is 0.468 e. The van der Waals surface area contributed by atoms with E-state index in [1.54, 1.807) is 12.3 Å². The Morgan fingerprint density at radius 3 is 2.94 bits per heavy atom. The normalized spacial score (nSPS) is 9.71. The number of nitrogens with one attached hydrogen (secondary N) is 2. The van der Waals surface area contributed by atoms with Crippen LogP contribution in [-0.4, -0.2) is 24.2 Å². The molecule has 0 saturated heterocycles. The zero-order valence-corrected chi connectivity index (χ0v) is 10.3. The van der Waals surface area contributed by atoms with Gasteiger partial charge in [0.2, 0.25) is 5.91 Å². The van der Waals surface area contributed by atoms with Gasteiger partial charge in [-0.25, -0.2) is 4.79 Å². The van der Waals surface area contributed by atoms with Crippen molar-refractivity contribution in [2.45, 2.75) is 11.8 Å². The Labute approximate surface area is 104 Å². The number of carbonyl (C=O) groups is 2. The van der Waals surface area contributed by atoms with Crippen molar-refractivity contribution >= 4 is 23.7 Å². The van der Waals surface area contributed by atoms with Gasteiger partial charge in [0, 0.05) is 11.4 Å². The third-order valence-corrected chi connectivity index (χ3v) is 2.97. The third kappa shape index (κ3) is 4.78. The van der Waals surface area contributed by atoms with Gasteiger partial charge < -0.3 is 9.73 Å². The molecule has 0 aromatic carbocycles. The van der Waals surface area contributed by atoms with Crippen LogP contribution in [-0.2, 0) is 4.79 Å². The number of thioether (sulfide) groups is 1. The van der Waals surface area contributed by atoms with Crippen molar-refractivity contribution < 1.29 is 14.0 Å². The van der Waals surface area contributed by atoms with Gasteiger partial charge in [-0.3, -0.25) is 10.1 Å². The van der Waals surface area contributed by atoms with Gasteiger partial charge in [-0.2, -0.15) is 0 Å². The molecule has 0 unspecified atom stereocenters. The summed E-state index contributed by atoms with van der Waals surface area (Å²) in [5, 5.41) is 4.66. The standard InChI is InChI=1S/C11H14N2O3S/c1-3-5-12-11(15)13-10(14)7-17-9-4-6-16-8(9)2/h3-4,6H,1,5,7H2,2H3,(H2,12,13,14,15). The summed E-state index contributed by atoms with van der Waals surface area (Å²) in [6.45, 7) is 5.59. The van der Waals surface area contributed by atoms with Crippen molar-refractivity contribution in [2.75, 3.05) is 12.3 Å². The highest BCUT2D eigenvalue weighted by atomic mass is 32.2. The van der Waals surface area contributed by atoms with E-state index in [9.17, 15) is 9.59 Å². The molecule has 6 heteroatoms. The lowest BCUT2D eigenvalue weighted by molar-refractivity contribution is -0.117. The number of carbonyl (C=O) groups excluding carboxylic acids is 2. The molecule has 5 nitrogen and oxygen atoms in total. The number of imide groups is 1. The van der Waals surface area contributed by atoms with Crippen LogP contribution in [0.2, 0.25) is 0 Å². The summed E-state index contributed by atoms with van der Waals surface area (Å²) in [6, 6.07) is 1.27. The molecule has 1 aromatic rings. The van der Waals surface area contributed by atoms with Gasteiger partial charge >= 0.3 is 6.03 Å². The summed E-state index contributed by atoms with van der Waals surface area (Å²) < 4.78 is 5.09. The summed E-state index contributed by atoms with van der Waals surface area (Å²) in [6.07, 6.45) is 3.10. The van der Waals surface area contributed by atoms with E-state index in [1.165, 1.54) is 17.8 Å². The Morgan fingerprint density at radius 2 is 2.35 bits per heavy atom. The SMILES string of the molecule is C=CCNC(=O)NC(=O)CSc1ccoc1C. The second kappa shape index (κ2) is 6.80. The highest BCUT2D eigenvalue weighted by molar-refractivity contribution is 8.00. The van der Waals surface area contributed by atoms with E-state index in [0.717, 1.165) is 10.7 Å². The van der Waals surface area contributed by atoms with E-state index >= 15 is 0 Å². The fourth-order valence-electron chi connectivity index (χ4n) is 1.04. The van der Waals surface area contributed by atoms with Crippen LogP contribution in [0.3, 0.4) is 0 Å². The first-order valence-corrected chi connectivity index (χ1v) is 5.97. The van der Waals surface area contributed by atoms with E-state index in [1.807, 2.05) is 6.92 Å². The number of aryl methyl sites for hydroxylation is 1. The van der Waals surface area contributed by atoms with E-state index in [-0.39, 0.29) is 11.7 Å². The maximum atomic E-state index is 11.4. The van der Waals surface area contributed by atoms with Gasteiger partial charge in [-0.05, 0) is 13.0 Å². The molecule has 1 aromatic heterocycles. The molecule has 3 amide bonds. The zero-order chi connectivity index (χ0) is 12.7. The van der Waals surface area contributed by atoms with Crippen molar-refractivity contribution in [3.8, 4) is 0 Å². The average molecular weight is 254 g/mol. The first kappa shape index (κ1) is 13.4. The molecule has 92 valence electrons. The van der Waals surface area contributed by atoms with Crippen LogP contribution >= 0.6 is 11.8 Å². The van der Waals surface area contributed by atoms with Crippen LogP contribution in [0.15, 0.2) is 34.3 Å². The topological polar surface area (TPSA) is 71.3 Å². The van der Waals surface area contributed by atoms with Crippen molar-refractivity contribution in [2.24, 2.45) is 0 Å². The fraction of sp³-hybridized carbons (Fsp3) is 0.273. The Balaban J connectivity index is 2.28. The molecule has 17 heavy (non-hydrogen) atoms. The number of amides is 3. The van der Waals surface area contributed by atoms with E-state index in [2.05, 4.69) is 17.2 Å². The molecule has 0 radical (unpaired) electrons. The zero-order valence-electron chi connectivity index (χ0n) is 9.49. The molecule has 0 bridgehead atoms. The first-order valence-electron chi connectivity index (χ1n) is 4.99. The Hall–Kier alpha value is -1.69. The van der Waals surface area contributed by atoms with Crippen molar-refractivity contribution in [1.29, 1.82) is 0 Å². The molecular formula is C11H14N2O3S. The molecule has 0 aliphatic heterocycles. The third-order valence-electron chi connectivity index (χ3n) is 1.83. The number of hydrogen-bond acceptors (Lipinski definition) is 4. The van der Waals surface area contributed by atoms with Gasteiger partial charge in [0.15, 0.2) is 0 Å². The number of furan rings is 1. The molecule has 0 fully saturated rings. The summed E-state index contributed by atoms with van der Waals surface area (Å²) in [5.74, 6) is 0.582. The van der Waals surface area contributed by atoms with Gasteiger partial charge in [0.25, 0.3) is 0 Å². The predicted molar refractivity (Wildman–Crippen MR) is 65.9 cm³/mol. The lowest BCUT2D eigenvalue weighted by Crippen LogP contribution is -2.40. The van der Waals surface area contributed by atoms with Crippen molar-refractivity contribution in [1.82, 2.24) is 10.6 Å². The molecule has 2 N–H and O–H groups in total. The summed E-state index contributed by atoms with van der Waals surface area (Å²) >= 11 is 1.32. The second-order valence-corrected chi connectivity index (χ2v) is 4.19. The minimum Gasteiger partial charge on any atom is -0.468 e. The summed E-state index contributed by atoms with van der Waals surface area (Å²) in [5.41, 5.74) is 0. The lowest BCUT2D eigenvalue weighted by Gasteiger charge is -2.04. The molecule has 0 aliphatic carbocycles. The minimum absolute atomic E-state index is 0.169. The maximum absolute atomic E-state index is 11.4. The second-order valence-electron chi connectivity index (χ2n) is 3.18. The Kier molecular flexibility index (Phi) is 5.35. The molecule has 1 heterocycles. The first-order chi connectivity index (χ1) is 8.13. The van der Waals surface area contributed by atoms with Crippen LogP contribution in [0.1, 0.15) is 5.76 Å². The summed E-state index contributed by atoms with van der Waals surface area (Å²) in [7, 11) is 0. The van der Waals surface area contributed by atoms with Crippen LogP contribution in [0.4, 0.5) is 4.79 Å². The molecule has 0 spiro atoms. The monoisotopic (exact) mass is 254 g/mol. The minimum atomic E-state index is -0.514. The molecule has 0 aliphatic rings. The van der Waals surface area contributed by atoms with E-state index in [4.69, 9.17) is 4.42 Å². The number of hydrogen-bond donors (Lipinski definition) is 2. The average Bonchev–Trinajstić information content (AvgIpc) is 2.69. The highest BCUT2D eigenvalue weighted by Gasteiger charge is 2.09. The van der Waals surface area contributed by atoms with Crippen LogP contribution in [0.25, 0.3) is 0 Å². The van der Waals surface area contributed by atoms with Gasteiger partial charge in [0.1, 0.15) is 5.76 Å². The summed E-state index contributed by atoms with van der Waals surface area (Å²) in [4.78, 5) is 23.4. The molecule has 1 rings (SSSR count). The quantitative estimate of drug-likeness (QED) is 0.619. The fourth-order valence-corrected chi connectivity index (χ4v) is 1.80. The van der Waals surface area contributed by atoms with E-state index < -0.39 is 6.03 Å². The molecular weight excluding hydrogens is 240 g/mol. The van der Waals surface area contributed by atoms with Gasteiger partial charge in [-0.15, -0.1) is 18.3 Å². The van der Waals surface area contributed by atoms with Crippen LogP contribution < -0.4 is 10.6 Å².